The van der Waals surface area contributed by atoms with Crippen molar-refractivity contribution >= 4 is 5.69 Å². The minimum absolute atomic E-state index is 0.0949. The fourth-order valence-electron chi connectivity index (χ4n) is 4.34. The van der Waals surface area contributed by atoms with E-state index in [0.717, 1.165) is 45.4 Å². The van der Waals surface area contributed by atoms with Crippen LogP contribution < -0.4 is 4.90 Å². The first-order chi connectivity index (χ1) is 13.7. The Morgan fingerprint density at radius 1 is 1.04 bits per heavy atom. The molecule has 0 radical (unpaired) electrons. The average molecular weight is 384 g/mol. The lowest BCUT2D eigenvalue weighted by atomic mass is 9.89. The molecular formula is C23H29FN2O2. The zero-order valence-corrected chi connectivity index (χ0v) is 16.3. The highest BCUT2D eigenvalue weighted by molar-refractivity contribution is 5.48. The van der Waals surface area contributed by atoms with Crippen LogP contribution in [-0.4, -0.2) is 55.4 Å². The number of hydrogen-bond acceptors (Lipinski definition) is 4. The smallest absolute Gasteiger partial charge is 0.146 e. The molecule has 2 aromatic rings. The van der Waals surface area contributed by atoms with Gasteiger partial charge in [0.25, 0.3) is 0 Å². The highest BCUT2D eigenvalue weighted by Gasteiger charge is 2.24. The van der Waals surface area contributed by atoms with Gasteiger partial charge in [0.2, 0.25) is 0 Å². The predicted octanol–water partition coefficient (Wildman–Crippen LogP) is 3.40. The molecule has 1 aliphatic carbocycles. The molecule has 1 fully saturated rings. The summed E-state index contributed by atoms with van der Waals surface area (Å²) in [6.07, 6.45) is 2.86. The van der Waals surface area contributed by atoms with E-state index in [1.54, 1.807) is 6.07 Å². The molecule has 2 aliphatic rings. The Bertz CT molecular complexity index is 777. The van der Waals surface area contributed by atoms with Crippen molar-refractivity contribution in [2.24, 2.45) is 0 Å². The summed E-state index contributed by atoms with van der Waals surface area (Å²) in [6, 6.07) is 15.4. The Balaban J connectivity index is 1.23. The maximum Gasteiger partial charge on any atom is 0.146 e. The van der Waals surface area contributed by atoms with Crippen LogP contribution in [0.2, 0.25) is 0 Å². The van der Waals surface area contributed by atoms with Gasteiger partial charge in [-0.2, -0.15) is 0 Å². The standard InChI is InChI=1S/C23H29FN2O2/c24-21-9-3-4-10-22(21)26-14-12-25(13-15-26)16-19(27)17-28-23-11-5-7-18-6-1-2-8-20(18)23/h1-4,6,8-10,19,23,27H,5,7,11-17H2/t19-,23-/m0/s1. The van der Waals surface area contributed by atoms with Gasteiger partial charge in [0, 0.05) is 32.7 Å². The van der Waals surface area contributed by atoms with E-state index in [1.165, 1.54) is 17.2 Å². The molecule has 0 unspecified atom stereocenters. The first kappa shape index (κ1) is 19.4. The van der Waals surface area contributed by atoms with Gasteiger partial charge in [-0.15, -0.1) is 0 Å². The molecule has 28 heavy (non-hydrogen) atoms. The van der Waals surface area contributed by atoms with E-state index in [1.807, 2.05) is 12.1 Å². The number of nitrogens with zero attached hydrogens (tertiary/aromatic N) is 2. The third-order valence-electron chi connectivity index (χ3n) is 5.84. The average Bonchev–Trinajstić information content (AvgIpc) is 2.73. The van der Waals surface area contributed by atoms with Gasteiger partial charge in [-0.1, -0.05) is 36.4 Å². The molecule has 4 nitrogen and oxygen atoms in total. The number of aryl methyl sites for hydroxylation is 1. The molecular weight excluding hydrogens is 355 g/mol. The maximum atomic E-state index is 14.0. The van der Waals surface area contributed by atoms with Gasteiger partial charge in [0.15, 0.2) is 0 Å². The molecule has 5 heteroatoms. The van der Waals surface area contributed by atoms with Crippen LogP contribution in [-0.2, 0) is 11.2 Å². The molecule has 150 valence electrons. The van der Waals surface area contributed by atoms with Gasteiger partial charge in [0.05, 0.1) is 24.5 Å². The predicted molar refractivity (Wildman–Crippen MR) is 109 cm³/mol. The number of anilines is 1. The fraction of sp³-hybridized carbons (Fsp3) is 0.478. The molecule has 0 spiro atoms. The summed E-state index contributed by atoms with van der Waals surface area (Å²) in [5, 5.41) is 10.5. The van der Waals surface area contributed by atoms with E-state index >= 15 is 0 Å². The van der Waals surface area contributed by atoms with Gasteiger partial charge < -0.3 is 14.7 Å². The first-order valence-electron chi connectivity index (χ1n) is 10.3. The van der Waals surface area contributed by atoms with Crippen LogP contribution in [0.3, 0.4) is 0 Å². The van der Waals surface area contributed by atoms with Crippen LogP contribution in [0.25, 0.3) is 0 Å². The highest BCUT2D eigenvalue weighted by Crippen LogP contribution is 2.32. The van der Waals surface area contributed by atoms with Gasteiger partial charge >= 0.3 is 0 Å². The molecule has 0 bridgehead atoms. The second kappa shape index (κ2) is 9.03. The van der Waals surface area contributed by atoms with Crippen LogP contribution in [0.4, 0.5) is 10.1 Å². The van der Waals surface area contributed by atoms with Crippen molar-refractivity contribution in [3.63, 3.8) is 0 Å². The molecule has 0 saturated carbocycles. The number of para-hydroxylation sites is 1. The monoisotopic (exact) mass is 384 g/mol. The lowest BCUT2D eigenvalue weighted by Gasteiger charge is -2.37. The molecule has 2 aromatic carbocycles. The molecule has 4 rings (SSSR count). The number of halogens is 1. The van der Waals surface area contributed by atoms with Crippen molar-refractivity contribution in [1.82, 2.24) is 4.90 Å². The summed E-state index contributed by atoms with van der Waals surface area (Å²) in [4.78, 5) is 4.31. The zero-order valence-electron chi connectivity index (χ0n) is 16.3. The number of ether oxygens (including phenoxy) is 1. The quantitative estimate of drug-likeness (QED) is 0.828. The number of β-amino-alcohol motifs (C(OH)–C–C–N with tert-alkyl or cyclic N) is 1. The van der Waals surface area contributed by atoms with E-state index in [-0.39, 0.29) is 11.9 Å². The topological polar surface area (TPSA) is 35.9 Å². The van der Waals surface area contributed by atoms with Crippen molar-refractivity contribution in [2.75, 3.05) is 44.2 Å². The van der Waals surface area contributed by atoms with Gasteiger partial charge in [-0.25, -0.2) is 4.39 Å². The number of rotatable bonds is 6. The van der Waals surface area contributed by atoms with E-state index in [0.29, 0.717) is 18.8 Å². The van der Waals surface area contributed by atoms with E-state index in [4.69, 9.17) is 4.74 Å². The second-order valence-electron chi connectivity index (χ2n) is 7.81. The van der Waals surface area contributed by atoms with Crippen LogP contribution in [0.1, 0.15) is 30.1 Å². The Hall–Kier alpha value is -1.95. The highest BCUT2D eigenvalue weighted by atomic mass is 19.1. The minimum Gasteiger partial charge on any atom is -0.389 e. The Kier molecular flexibility index (Phi) is 6.25. The van der Waals surface area contributed by atoms with Gasteiger partial charge in [-0.05, 0) is 42.5 Å². The van der Waals surface area contributed by atoms with Crippen molar-refractivity contribution in [3.8, 4) is 0 Å². The fourth-order valence-corrected chi connectivity index (χ4v) is 4.34. The second-order valence-corrected chi connectivity index (χ2v) is 7.81. The summed E-state index contributed by atoms with van der Waals surface area (Å²) in [6.45, 7) is 4.12. The summed E-state index contributed by atoms with van der Waals surface area (Å²) >= 11 is 0. The molecule has 0 aromatic heterocycles. The van der Waals surface area contributed by atoms with Crippen LogP contribution in [0, 0.1) is 5.82 Å². The van der Waals surface area contributed by atoms with E-state index in [2.05, 4.69) is 34.1 Å². The number of hydrogen-bond donors (Lipinski definition) is 1. The van der Waals surface area contributed by atoms with Crippen molar-refractivity contribution < 1.29 is 14.2 Å². The summed E-state index contributed by atoms with van der Waals surface area (Å²) < 4.78 is 20.0. The van der Waals surface area contributed by atoms with Crippen molar-refractivity contribution in [3.05, 3.63) is 65.5 Å². The van der Waals surface area contributed by atoms with E-state index in [9.17, 15) is 9.50 Å². The lowest BCUT2D eigenvalue weighted by molar-refractivity contribution is -0.0285. The molecule has 1 N–H and O–H groups in total. The molecule has 0 amide bonds. The van der Waals surface area contributed by atoms with Crippen LogP contribution in [0.15, 0.2) is 48.5 Å². The number of fused-ring (bicyclic) bond motifs is 1. The third kappa shape index (κ3) is 4.54. The SMILES string of the molecule is O[C@H](CO[C@H]1CCCc2ccccc21)CN1CCN(c2ccccc2F)CC1. The number of piperazine rings is 1. The summed E-state index contributed by atoms with van der Waals surface area (Å²) in [7, 11) is 0. The maximum absolute atomic E-state index is 14.0. The number of benzene rings is 2. The largest absolute Gasteiger partial charge is 0.389 e. The Labute approximate surface area is 166 Å². The first-order valence-corrected chi connectivity index (χ1v) is 10.3. The zero-order chi connectivity index (χ0) is 19.3. The molecule has 1 aliphatic heterocycles. The molecule has 1 saturated heterocycles. The Morgan fingerprint density at radius 3 is 2.61 bits per heavy atom. The van der Waals surface area contributed by atoms with Crippen molar-refractivity contribution in [1.29, 1.82) is 0 Å². The van der Waals surface area contributed by atoms with Crippen LogP contribution >= 0.6 is 0 Å². The number of aliphatic hydroxyl groups is 1. The normalized spacial score (nSPS) is 21.4. The minimum atomic E-state index is -0.505. The summed E-state index contributed by atoms with van der Waals surface area (Å²) in [5.41, 5.74) is 3.32. The summed E-state index contributed by atoms with van der Waals surface area (Å²) in [5.74, 6) is -0.169. The van der Waals surface area contributed by atoms with Crippen LogP contribution in [0.5, 0.6) is 0 Å². The Morgan fingerprint density at radius 2 is 1.79 bits per heavy atom. The van der Waals surface area contributed by atoms with Gasteiger partial charge in [-0.3, -0.25) is 4.90 Å². The van der Waals surface area contributed by atoms with E-state index < -0.39 is 6.10 Å². The molecule has 1 heterocycles. The van der Waals surface area contributed by atoms with Gasteiger partial charge in [0.1, 0.15) is 5.82 Å². The lowest BCUT2D eigenvalue weighted by Crippen LogP contribution is -2.49. The van der Waals surface area contributed by atoms with Crippen molar-refractivity contribution in [2.45, 2.75) is 31.5 Å². The molecule has 2 atom stereocenters. The number of aliphatic hydroxyl groups excluding tert-OH is 1. The third-order valence-corrected chi connectivity index (χ3v) is 5.84.